The molecule has 0 heterocycles. The summed E-state index contributed by atoms with van der Waals surface area (Å²) in [4.78, 5) is 11.6. The lowest BCUT2D eigenvalue weighted by atomic mass is 10.4. The van der Waals surface area contributed by atoms with Gasteiger partial charge in [-0.1, -0.05) is 6.58 Å². The molecule has 2 nitrogen and oxygen atoms in total. The largest absolute Gasteiger partial charge is 0.378 e. The number of likely N-dealkylation sites (N-methyl/N-ethyl adjacent to an activating group) is 1. The highest BCUT2D eigenvalue weighted by molar-refractivity contribution is 5.65. The number of nitrogens with zero attached hydrogens (tertiary/aromatic N) is 1. The van der Waals surface area contributed by atoms with Crippen molar-refractivity contribution in [2.45, 2.75) is 0 Å². The highest BCUT2D eigenvalue weighted by Crippen LogP contribution is 1.93. The third-order valence-electron chi connectivity index (χ3n) is 0.942. The molecule has 0 aliphatic rings. The quantitative estimate of drug-likeness (QED) is 0.316. The van der Waals surface area contributed by atoms with Crippen LogP contribution in [-0.2, 0) is 4.79 Å². The Balaban J connectivity index is 3.76. The molecule has 0 spiro atoms. The summed E-state index contributed by atoms with van der Waals surface area (Å²) in [5, 5.41) is 0. The zero-order valence-corrected chi connectivity index (χ0v) is 5.79. The van der Waals surface area contributed by atoms with E-state index in [2.05, 4.69) is 6.58 Å². The van der Waals surface area contributed by atoms with Crippen LogP contribution in [0.4, 0.5) is 0 Å². The lowest BCUT2D eigenvalue weighted by molar-refractivity contribution is -0.104. The van der Waals surface area contributed by atoms with Gasteiger partial charge < -0.3 is 4.90 Å². The number of carbonyl (C=O) groups excluding carboxylic acids is 1. The van der Waals surface area contributed by atoms with Crippen molar-refractivity contribution in [3.05, 3.63) is 24.4 Å². The molecule has 0 radical (unpaired) electrons. The molecule has 0 N–H and O–H groups in total. The molecule has 0 saturated heterocycles. The van der Waals surface area contributed by atoms with Crippen molar-refractivity contribution >= 4 is 6.29 Å². The van der Waals surface area contributed by atoms with Gasteiger partial charge in [0.1, 0.15) is 6.29 Å². The van der Waals surface area contributed by atoms with Crippen LogP contribution in [-0.4, -0.2) is 25.3 Å². The third-order valence-corrected chi connectivity index (χ3v) is 0.942. The molecule has 0 fully saturated rings. The minimum absolute atomic E-state index is 0.731. The van der Waals surface area contributed by atoms with Gasteiger partial charge in [-0.15, -0.1) is 0 Å². The highest BCUT2D eigenvalue weighted by Gasteiger charge is 1.85. The predicted molar refractivity (Wildman–Crippen MR) is 38.0 cm³/mol. The Morgan fingerprint density at radius 1 is 1.56 bits per heavy atom. The van der Waals surface area contributed by atoms with Gasteiger partial charge in [0.05, 0.1) is 0 Å². The van der Waals surface area contributed by atoms with Gasteiger partial charge in [-0.3, -0.25) is 4.79 Å². The fourth-order valence-corrected chi connectivity index (χ4v) is 0.299. The predicted octanol–water partition coefficient (Wildman–Crippen LogP) is 0.817. The van der Waals surface area contributed by atoms with Gasteiger partial charge in [0, 0.05) is 19.8 Å². The minimum Gasteiger partial charge on any atom is -0.378 e. The number of rotatable bonds is 3. The Morgan fingerprint density at radius 3 is 2.44 bits per heavy atom. The van der Waals surface area contributed by atoms with Crippen molar-refractivity contribution < 1.29 is 4.79 Å². The zero-order valence-electron chi connectivity index (χ0n) is 5.79. The summed E-state index contributed by atoms with van der Waals surface area (Å²) in [5.74, 6) is 0. The van der Waals surface area contributed by atoms with Crippen LogP contribution >= 0.6 is 0 Å². The van der Waals surface area contributed by atoms with Gasteiger partial charge in [0.15, 0.2) is 0 Å². The number of aldehydes is 1. The Kier molecular flexibility index (Phi) is 3.44. The summed E-state index contributed by atoms with van der Waals surface area (Å²) in [7, 11) is 3.74. The lowest BCUT2D eigenvalue weighted by Crippen LogP contribution is -2.07. The Morgan fingerprint density at radius 2 is 2.11 bits per heavy atom. The molecule has 0 aliphatic carbocycles. The van der Waals surface area contributed by atoms with E-state index < -0.39 is 0 Å². The smallest absolute Gasteiger partial charge is 0.142 e. The monoisotopic (exact) mass is 125 g/mol. The second-order valence-electron chi connectivity index (χ2n) is 1.88. The molecule has 0 aromatic carbocycles. The maximum absolute atomic E-state index is 9.79. The van der Waals surface area contributed by atoms with Crippen molar-refractivity contribution in [3.8, 4) is 0 Å². The van der Waals surface area contributed by atoms with Crippen LogP contribution in [0.1, 0.15) is 0 Å². The molecule has 0 aromatic heterocycles. The number of hydrogen-bond donors (Lipinski definition) is 0. The van der Waals surface area contributed by atoms with Crippen LogP contribution in [0, 0.1) is 0 Å². The molecule has 0 amide bonds. The maximum Gasteiger partial charge on any atom is 0.142 e. The van der Waals surface area contributed by atoms with Crippen LogP contribution < -0.4 is 0 Å². The molecular formula is C7H11NO. The first-order chi connectivity index (χ1) is 4.18. The van der Waals surface area contributed by atoms with Gasteiger partial charge in [-0.25, -0.2) is 0 Å². The number of carbonyl (C=O) groups is 1. The second kappa shape index (κ2) is 3.89. The second-order valence-corrected chi connectivity index (χ2v) is 1.88. The zero-order chi connectivity index (χ0) is 7.28. The van der Waals surface area contributed by atoms with Crippen LogP contribution in [0.2, 0.25) is 0 Å². The van der Waals surface area contributed by atoms with Gasteiger partial charge in [-0.2, -0.15) is 0 Å². The van der Waals surface area contributed by atoms with Crippen LogP contribution in [0.3, 0.4) is 0 Å². The minimum atomic E-state index is 0.731. The Hall–Kier alpha value is -1.05. The molecule has 0 rings (SSSR count). The molecule has 2 heteroatoms. The van der Waals surface area contributed by atoms with Crippen molar-refractivity contribution in [2.24, 2.45) is 0 Å². The van der Waals surface area contributed by atoms with Gasteiger partial charge >= 0.3 is 0 Å². The first-order valence-electron chi connectivity index (χ1n) is 2.66. The van der Waals surface area contributed by atoms with Crippen LogP contribution in [0.25, 0.3) is 0 Å². The molecule has 0 unspecified atom stereocenters. The van der Waals surface area contributed by atoms with Gasteiger partial charge in [-0.05, 0) is 12.2 Å². The van der Waals surface area contributed by atoms with E-state index in [4.69, 9.17) is 0 Å². The number of hydrogen-bond acceptors (Lipinski definition) is 2. The normalized spacial score (nSPS) is 9.56. The van der Waals surface area contributed by atoms with Crippen molar-refractivity contribution in [1.29, 1.82) is 0 Å². The molecular weight excluding hydrogens is 114 g/mol. The topological polar surface area (TPSA) is 20.3 Å². The Labute approximate surface area is 55.5 Å². The molecule has 0 atom stereocenters. The molecule has 0 aromatic rings. The van der Waals surface area contributed by atoms with Gasteiger partial charge in [0.25, 0.3) is 0 Å². The third kappa shape index (κ3) is 3.53. The van der Waals surface area contributed by atoms with Crippen LogP contribution in [0.15, 0.2) is 24.4 Å². The van der Waals surface area contributed by atoms with Crippen molar-refractivity contribution in [2.75, 3.05) is 14.1 Å². The number of allylic oxidation sites excluding steroid dienone is 2. The van der Waals surface area contributed by atoms with E-state index in [9.17, 15) is 4.79 Å². The fraction of sp³-hybridized carbons (Fsp3) is 0.286. The van der Waals surface area contributed by atoms with E-state index in [1.165, 1.54) is 6.08 Å². The molecule has 0 aliphatic heterocycles. The van der Waals surface area contributed by atoms with E-state index in [1.54, 1.807) is 6.08 Å². The van der Waals surface area contributed by atoms with E-state index in [-0.39, 0.29) is 0 Å². The fourth-order valence-electron chi connectivity index (χ4n) is 0.299. The van der Waals surface area contributed by atoms with Crippen molar-refractivity contribution in [3.63, 3.8) is 0 Å². The van der Waals surface area contributed by atoms with E-state index in [0.717, 1.165) is 12.0 Å². The molecule has 50 valence electrons. The summed E-state index contributed by atoms with van der Waals surface area (Å²) in [6.07, 6.45) is 3.81. The summed E-state index contributed by atoms with van der Waals surface area (Å²) >= 11 is 0. The van der Waals surface area contributed by atoms with Crippen LogP contribution in [0.5, 0.6) is 0 Å². The average molecular weight is 125 g/mol. The van der Waals surface area contributed by atoms with E-state index >= 15 is 0 Å². The van der Waals surface area contributed by atoms with Gasteiger partial charge in [0.2, 0.25) is 0 Å². The standard InChI is InChI=1S/C7H11NO/c1-7(8(2)3)5-4-6-9/h4-6H,1H2,2-3H3/b5-4-. The first-order valence-corrected chi connectivity index (χ1v) is 2.66. The molecule has 9 heavy (non-hydrogen) atoms. The Bertz CT molecular complexity index is 136. The summed E-state index contributed by atoms with van der Waals surface area (Å²) in [5.41, 5.74) is 0.821. The SMILES string of the molecule is C=C(/C=C\C=O)N(C)C. The van der Waals surface area contributed by atoms with Crippen molar-refractivity contribution in [1.82, 2.24) is 4.90 Å². The first kappa shape index (κ1) is 7.95. The highest BCUT2D eigenvalue weighted by atomic mass is 16.1. The summed E-state index contributed by atoms with van der Waals surface area (Å²) < 4.78 is 0. The maximum atomic E-state index is 9.79. The van der Waals surface area contributed by atoms with E-state index in [1.807, 2.05) is 19.0 Å². The lowest BCUT2D eigenvalue weighted by Gasteiger charge is -2.10. The molecule has 0 bridgehead atoms. The average Bonchev–Trinajstić information content (AvgIpc) is 1.82. The summed E-state index contributed by atoms with van der Waals surface area (Å²) in [6.45, 7) is 3.67. The van der Waals surface area contributed by atoms with E-state index in [0.29, 0.717) is 0 Å². The summed E-state index contributed by atoms with van der Waals surface area (Å²) in [6, 6.07) is 0. The molecule has 0 saturated carbocycles.